The van der Waals surface area contributed by atoms with Crippen LogP contribution in [0, 0.1) is 5.92 Å². The Balaban J connectivity index is 4.81. The molecule has 0 aromatic heterocycles. The van der Waals surface area contributed by atoms with Gasteiger partial charge in [-0.05, 0) is 64.5 Å². The normalized spacial score (nSPS) is 12.1. The largest absolute Gasteiger partial charge is 0.508 e. The molecular weight excluding hydrogens is 759 g/mol. The van der Waals surface area contributed by atoms with Crippen LogP contribution < -0.4 is 0 Å². The molecule has 0 aromatic rings. The summed E-state index contributed by atoms with van der Waals surface area (Å²) in [5.41, 5.74) is 0. The lowest BCUT2D eigenvalue weighted by Gasteiger charge is -2.20. The van der Waals surface area contributed by atoms with Gasteiger partial charge in [0.05, 0.1) is 18.9 Å². The Morgan fingerprint density at radius 3 is 1.38 bits per heavy atom. The van der Waals surface area contributed by atoms with E-state index in [4.69, 9.17) is 28.4 Å². The number of carbonyl (C=O) groups excluding carboxylic acids is 3. The number of carbonyl (C=O) groups is 3. The van der Waals surface area contributed by atoms with Crippen LogP contribution in [0.15, 0.2) is 12.2 Å². The average Bonchev–Trinajstić information content (AvgIpc) is 3.25. The first kappa shape index (κ1) is 57.8. The number of nitrogens with zero attached hydrogens (tertiary/aromatic N) is 1. The van der Waals surface area contributed by atoms with Crippen LogP contribution in [0.4, 0.5) is 4.79 Å². The molecule has 0 fully saturated rings. The summed E-state index contributed by atoms with van der Waals surface area (Å²) in [6, 6.07) is 0. The van der Waals surface area contributed by atoms with E-state index in [2.05, 4.69) is 51.7 Å². The monoisotopic (exact) mass is 854 g/mol. The summed E-state index contributed by atoms with van der Waals surface area (Å²) in [7, 11) is 0. The Kier molecular flexibility index (Phi) is 44.7. The number of rotatable bonds is 46. The molecule has 1 atom stereocenters. The highest BCUT2D eigenvalue weighted by atomic mass is 16.7. The summed E-state index contributed by atoms with van der Waals surface area (Å²) in [5, 5.41) is 0. The number of unbranched alkanes of at least 4 members (excludes halogenated alkanes) is 21. The molecule has 0 rings (SSSR count). The van der Waals surface area contributed by atoms with Crippen LogP contribution in [0.3, 0.4) is 0 Å². The zero-order valence-electron chi connectivity index (χ0n) is 39.8. The molecule has 10 heteroatoms. The summed E-state index contributed by atoms with van der Waals surface area (Å²) in [6.07, 6.45) is 34.6. The van der Waals surface area contributed by atoms with Crippen molar-refractivity contribution in [2.75, 3.05) is 59.3 Å². The van der Waals surface area contributed by atoms with Crippen LogP contribution >= 0.6 is 0 Å². The first-order chi connectivity index (χ1) is 29.4. The van der Waals surface area contributed by atoms with Crippen molar-refractivity contribution in [1.29, 1.82) is 0 Å². The zero-order chi connectivity index (χ0) is 44.0. The van der Waals surface area contributed by atoms with Gasteiger partial charge in [-0.15, -0.1) is 0 Å². The van der Waals surface area contributed by atoms with Crippen LogP contribution in [-0.4, -0.2) is 88.6 Å². The molecule has 0 radical (unpaired) electrons. The van der Waals surface area contributed by atoms with E-state index in [-0.39, 0.29) is 38.8 Å². The van der Waals surface area contributed by atoms with Crippen LogP contribution in [0.1, 0.15) is 221 Å². The quantitative estimate of drug-likeness (QED) is 0.0193. The molecule has 0 amide bonds. The zero-order valence-corrected chi connectivity index (χ0v) is 39.8. The van der Waals surface area contributed by atoms with Gasteiger partial charge in [-0.2, -0.15) is 0 Å². The molecule has 0 heterocycles. The molecule has 0 bridgehead atoms. The van der Waals surface area contributed by atoms with Crippen LogP contribution in [-0.2, 0) is 38.0 Å². The van der Waals surface area contributed by atoms with E-state index in [1.54, 1.807) is 0 Å². The van der Waals surface area contributed by atoms with Gasteiger partial charge in [0.15, 0.2) is 6.29 Å². The lowest BCUT2D eigenvalue weighted by atomic mass is 10.1. The molecule has 0 aromatic carbocycles. The number of ether oxygens (including phenoxy) is 6. The third-order valence-electron chi connectivity index (χ3n) is 11.0. The first-order valence-corrected chi connectivity index (χ1v) is 25.1. The highest BCUT2D eigenvalue weighted by Crippen LogP contribution is 2.14. The van der Waals surface area contributed by atoms with Gasteiger partial charge < -0.3 is 33.3 Å². The Bertz CT molecular complexity index is 955. The minimum absolute atomic E-state index is 0.0161. The molecule has 0 saturated carbocycles. The molecule has 0 saturated heterocycles. The van der Waals surface area contributed by atoms with Crippen molar-refractivity contribution < 1.29 is 42.8 Å². The molecule has 0 aliphatic carbocycles. The standard InChI is InChI=1S/C50H95NO9/c1-6-11-14-17-20-21-22-23-24-25-26-27-28-29-32-36-47(52)58-43-46(45-60-50(54)57-42-35-39-51(9-4)10-5)44-59-48(53)37-38-49(55-40-33-30-18-15-12-7-2)56-41-34-31-19-16-13-8-3/h23-24,46,49H,6-22,25-45H2,1-5H3/b24-23-. The fourth-order valence-electron chi connectivity index (χ4n) is 6.91. The first-order valence-electron chi connectivity index (χ1n) is 25.1. The van der Waals surface area contributed by atoms with Crippen LogP contribution in [0.5, 0.6) is 0 Å². The second kappa shape index (κ2) is 46.3. The topological polar surface area (TPSA) is 110 Å². The molecule has 354 valence electrons. The van der Waals surface area contributed by atoms with Gasteiger partial charge in [0.25, 0.3) is 0 Å². The molecular formula is C50H95NO9. The fraction of sp³-hybridized carbons (Fsp3) is 0.900. The van der Waals surface area contributed by atoms with E-state index in [0.717, 1.165) is 77.4 Å². The highest BCUT2D eigenvalue weighted by molar-refractivity contribution is 5.69. The van der Waals surface area contributed by atoms with Gasteiger partial charge in [-0.25, -0.2) is 4.79 Å². The smallest absolute Gasteiger partial charge is 0.465 e. The lowest BCUT2D eigenvalue weighted by molar-refractivity contribution is -0.161. The number of allylic oxidation sites excluding steroid dienone is 2. The maximum Gasteiger partial charge on any atom is 0.508 e. The van der Waals surface area contributed by atoms with Crippen LogP contribution in [0.2, 0.25) is 0 Å². The minimum atomic E-state index is -0.779. The SMILES string of the molecule is CCCCCCCC/C=C\CCCCCCCC(=O)OCC(COC(=O)CCC(OCCCCCCCC)OCCCCCCCC)COC(=O)OCCCN(CC)CC. The van der Waals surface area contributed by atoms with Gasteiger partial charge in [0.2, 0.25) is 0 Å². The maximum absolute atomic E-state index is 12.9. The Labute approximate surface area is 369 Å². The van der Waals surface area contributed by atoms with Gasteiger partial charge in [0, 0.05) is 32.6 Å². The van der Waals surface area contributed by atoms with Gasteiger partial charge in [-0.1, -0.05) is 162 Å². The van der Waals surface area contributed by atoms with Crippen molar-refractivity contribution in [3.63, 3.8) is 0 Å². The van der Waals surface area contributed by atoms with Crippen molar-refractivity contribution in [2.45, 2.75) is 227 Å². The van der Waals surface area contributed by atoms with Gasteiger partial charge in [-0.3, -0.25) is 9.59 Å². The molecule has 10 nitrogen and oxygen atoms in total. The summed E-state index contributed by atoms with van der Waals surface area (Å²) in [5.74, 6) is -1.20. The molecule has 0 N–H and O–H groups in total. The maximum atomic E-state index is 12.9. The molecule has 0 aliphatic rings. The number of hydrogen-bond acceptors (Lipinski definition) is 10. The van der Waals surface area contributed by atoms with E-state index < -0.39 is 24.3 Å². The molecule has 0 spiro atoms. The van der Waals surface area contributed by atoms with E-state index in [1.807, 2.05) is 0 Å². The predicted octanol–water partition coefficient (Wildman–Crippen LogP) is 13.5. The van der Waals surface area contributed by atoms with E-state index >= 15 is 0 Å². The highest BCUT2D eigenvalue weighted by Gasteiger charge is 2.20. The van der Waals surface area contributed by atoms with Crippen molar-refractivity contribution in [3.8, 4) is 0 Å². The second-order valence-corrected chi connectivity index (χ2v) is 16.6. The Morgan fingerprint density at radius 1 is 0.450 bits per heavy atom. The second-order valence-electron chi connectivity index (χ2n) is 16.6. The van der Waals surface area contributed by atoms with Crippen molar-refractivity contribution in [1.82, 2.24) is 4.90 Å². The van der Waals surface area contributed by atoms with Crippen molar-refractivity contribution in [3.05, 3.63) is 12.2 Å². The van der Waals surface area contributed by atoms with Gasteiger partial charge >= 0.3 is 18.1 Å². The summed E-state index contributed by atoms with van der Waals surface area (Å²) < 4.78 is 34.1. The third kappa shape index (κ3) is 41.2. The molecule has 0 aliphatic heterocycles. The third-order valence-corrected chi connectivity index (χ3v) is 11.0. The number of hydrogen-bond donors (Lipinski definition) is 0. The summed E-state index contributed by atoms with van der Waals surface area (Å²) in [4.78, 5) is 40.3. The Hall–Kier alpha value is -2.17. The minimum Gasteiger partial charge on any atom is -0.465 e. The number of esters is 2. The van der Waals surface area contributed by atoms with Crippen molar-refractivity contribution in [2.24, 2.45) is 5.92 Å². The lowest BCUT2D eigenvalue weighted by Crippen LogP contribution is -2.28. The van der Waals surface area contributed by atoms with E-state index in [9.17, 15) is 14.4 Å². The van der Waals surface area contributed by atoms with Gasteiger partial charge in [0.1, 0.15) is 19.8 Å². The Morgan fingerprint density at radius 2 is 0.883 bits per heavy atom. The van der Waals surface area contributed by atoms with E-state index in [0.29, 0.717) is 32.5 Å². The van der Waals surface area contributed by atoms with E-state index in [1.165, 1.54) is 103 Å². The van der Waals surface area contributed by atoms with Crippen LogP contribution in [0.25, 0.3) is 0 Å². The summed E-state index contributed by atoms with van der Waals surface area (Å²) in [6.45, 7) is 14.9. The fourth-order valence-corrected chi connectivity index (χ4v) is 6.91. The molecule has 1 unspecified atom stereocenters. The average molecular weight is 854 g/mol. The predicted molar refractivity (Wildman–Crippen MR) is 246 cm³/mol. The van der Waals surface area contributed by atoms with Crippen molar-refractivity contribution >= 4 is 18.1 Å². The molecule has 60 heavy (non-hydrogen) atoms. The summed E-state index contributed by atoms with van der Waals surface area (Å²) >= 11 is 0.